The smallest absolute Gasteiger partial charge is 0.419 e. The molecule has 1 aliphatic rings. The molecule has 1 N–H and O–H groups in total. The highest BCUT2D eigenvalue weighted by Crippen LogP contribution is 2.41. The van der Waals surface area contributed by atoms with E-state index < -0.39 is 33.6 Å². The van der Waals surface area contributed by atoms with Crippen LogP contribution in [0.4, 0.5) is 18.9 Å². The predicted molar refractivity (Wildman–Crippen MR) is 128 cm³/mol. The monoisotopic (exact) mass is 530 g/mol. The van der Waals surface area contributed by atoms with E-state index in [0.717, 1.165) is 40.7 Å². The number of likely N-dealkylation sites (N-methyl/N-ethyl adjacent to an activating group) is 1. The molecule has 5 nitrogen and oxygen atoms in total. The Balaban J connectivity index is 1.63. The third-order valence-electron chi connectivity index (χ3n) is 5.55. The molecule has 0 amide bonds. The molecular weight excluding hydrogens is 509 g/mol. The quantitative estimate of drug-likeness (QED) is 0.407. The van der Waals surface area contributed by atoms with Crippen molar-refractivity contribution in [3.63, 3.8) is 0 Å². The number of likely N-dealkylation sites (tertiary alicyclic amines) is 1. The normalized spacial score (nSPS) is 17.2. The topological polar surface area (TPSA) is 58.6 Å². The summed E-state index contributed by atoms with van der Waals surface area (Å²) < 4.78 is 74.9. The molecule has 0 saturated carbocycles. The van der Waals surface area contributed by atoms with Crippen LogP contribution in [0.15, 0.2) is 52.7 Å². The van der Waals surface area contributed by atoms with Gasteiger partial charge in [-0.1, -0.05) is 35.9 Å². The molecule has 4 rings (SSSR count). The minimum Gasteiger partial charge on any atom is -0.488 e. The van der Waals surface area contributed by atoms with E-state index in [2.05, 4.69) is 4.72 Å². The number of hydrogen-bond acceptors (Lipinski definition) is 5. The van der Waals surface area contributed by atoms with Gasteiger partial charge in [-0.2, -0.15) is 13.2 Å². The molecule has 1 aliphatic heterocycles. The largest absolute Gasteiger partial charge is 0.488 e. The Labute approximate surface area is 205 Å². The van der Waals surface area contributed by atoms with Gasteiger partial charge < -0.3 is 9.64 Å². The number of rotatable bonds is 6. The number of thiophene rings is 1. The molecule has 1 saturated heterocycles. The van der Waals surface area contributed by atoms with Crippen molar-refractivity contribution in [1.82, 2.24) is 4.90 Å². The Morgan fingerprint density at radius 3 is 2.53 bits per heavy atom. The summed E-state index contributed by atoms with van der Waals surface area (Å²) in [6.45, 7) is 3.09. The van der Waals surface area contributed by atoms with Gasteiger partial charge in [-0.15, -0.1) is 11.3 Å². The van der Waals surface area contributed by atoms with Crippen LogP contribution < -0.4 is 9.46 Å². The third-order valence-corrected chi connectivity index (χ3v) is 8.76. The van der Waals surface area contributed by atoms with E-state index in [1.807, 2.05) is 43.1 Å². The number of nitrogens with one attached hydrogen (secondary N) is 1. The van der Waals surface area contributed by atoms with E-state index in [1.165, 1.54) is 6.07 Å². The molecular formula is C23H22ClF3N2O3S2. The van der Waals surface area contributed by atoms with E-state index in [4.69, 9.17) is 16.3 Å². The van der Waals surface area contributed by atoms with Gasteiger partial charge in [0.05, 0.1) is 11.3 Å². The summed E-state index contributed by atoms with van der Waals surface area (Å²) >= 11 is 7.22. The molecule has 34 heavy (non-hydrogen) atoms. The van der Waals surface area contributed by atoms with Crippen LogP contribution in [0.2, 0.25) is 4.34 Å². The fraction of sp³-hybridized carbons (Fsp3) is 0.304. The van der Waals surface area contributed by atoms with Crippen LogP contribution in [-0.4, -0.2) is 39.6 Å². The Bertz CT molecular complexity index is 1310. The van der Waals surface area contributed by atoms with Crippen molar-refractivity contribution in [2.24, 2.45) is 0 Å². The first-order chi connectivity index (χ1) is 15.9. The van der Waals surface area contributed by atoms with Crippen molar-refractivity contribution in [2.45, 2.75) is 29.8 Å². The second-order valence-electron chi connectivity index (χ2n) is 8.17. The molecule has 182 valence electrons. The van der Waals surface area contributed by atoms with E-state index in [1.54, 1.807) is 0 Å². The first-order valence-corrected chi connectivity index (χ1v) is 13.1. The fourth-order valence-corrected chi connectivity index (χ4v) is 6.63. The van der Waals surface area contributed by atoms with Gasteiger partial charge in [0.2, 0.25) is 0 Å². The first kappa shape index (κ1) is 24.8. The predicted octanol–water partition coefficient (Wildman–Crippen LogP) is 6.28. The first-order valence-electron chi connectivity index (χ1n) is 10.4. The van der Waals surface area contributed by atoms with Crippen LogP contribution >= 0.6 is 22.9 Å². The third kappa shape index (κ3) is 5.35. The van der Waals surface area contributed by atoms with Crippen molar-refractivity contribution in [3.05, 3.63) is 64.0 Å². The summed E-state index contributed by atoms with van der Waals surface area (Å²) in [5.41, 5.74) is 1.33. The van der Waals surface area contributed by atoms with Crippen LogP contribution in [0.5, 0.6) is 5.75 Å². The lowest BCUT2D eigenvalue weighted by Gasteiger charge is -2.19. The van der Waals surface area contributed by atoms with Crippen LogP contribution in [0.25, 0.3) is 11.1 Å². The van der Waals surface area contributed by atoms with Crippen molar-refractivity contribution < 1.29 is 26.3 Å². The van der Waals surface area contributed by atoms with Gasteiger partial charge in [0.15, 0.2) is 0 Å². The summed E-state index contributed by atoms with van der Waals surface area (Å²) in [7, 11) is -2.24. The van der Waals surface area contributed by atoms with Gasteiger partial charge in [-0.05, 0) is 49.7 Å². The molecule has 3 aromatic rings. The lowest BCUT2D eigenvalue weighted by atomic mass is 10.0. The zero-order valence-electron chi connectivity index (χ0n) is 18.3. The fourth-order valence-electron chi connectivity index (χ4n) is 3.83. The molecule has 0 aliphatic carbocycles. The highest BCUT2D eigenvalue weighted by atomic mass is 35.5. The van der Waals surface area contributed by atoms with Crippen LogP contribution in [0, 0.1) is 6.92 Å². The van der Waals surface area contributed by atoms with Crippen LogP contribution in [0.1, 0.15) is 17.5 Å². The zero-order valence-corrected chi connectivity index (χ0v) is 20.7. The number of aryl methyl sites for hydroxylation is 1. The van der Waals surface area contributed by atoms with Gasteiger partial charge >= 0.3 is 6.18 Å². The molecule has 11 heteroatoms. The Hall–Kier alpha value is -2.27. The highest BCUT2D eigenvalue weighted by molar-refractivity contribution is 7.94. The van der Waals surface area contributed by atoms with Gasteiger partial charge in [0, 0.05) is 24.7 Å². The number of halogens is 4. The molecule has 2 aromatic carbocycles. The van der Waals surface area contributed by atoms with E-state index in [0.29, 0.717) is 29.4 Å². The Kier molecular flexibility index (Phi) is 6.87. The molecule has 0 spiro atoms. The Morgan fingerprint density at radius 1 is 1.15 bits per heavy atom. The Morgan fingerprint density at radius 2 is 1.88 bits per heavy atom. The minimum absolute atomic E-state index is 0.0312. The molecule has 0 bridgehead atoms. The summed E-state index contributed by atoms with van der Waals surface area (Å²) in [5, 5.41) is 0. The molecule has 1 atom stereocenters. The highest BCUT2D eigenvalue weighted by Gasteiger charge is 2.36. The standard InChI is InChI=1S/C23H22ClF3N2O3S2/c1-14-5-3-4-6-17(14)18-12-21(33-22(18)24)34(30,31)28-15-7-8-19(23(25,26)27)20(11-15)32-16-9-10-29(2)13-16/h3-8,11-12,16,28H,9-10,13H2,1-2H3/t16-/m1/s1. The number of hydrogen-bond donors (Lipinski definition) is 1. The second kappa shape index (κ2) is 9.41. The number of sulfonamides is 1. The lowest BCUT2D eigenvalue weighted by Crippen LogP contribution is -2.23. The number of ether oxygens (including phenoxy) is 1. The summed E-state index contributed by atoms with van der Waals surface area (Å²) in [4.78, 5) is 1.96. The maximum atomic E-state index is 13.5. The zero-order chi connectivity index (χ0) is 24.7. The molecule has 0 unspecified atom stereocenters. The number of alkyl halides is 3. The summed E-state index contributed by atoms with van der Waals surface area (Å²) in [5.74, 6) is -0.405. The molecule has 0 radical (unpaired) electrons. The molecule has 1 aromatic heterocycles. The molecule has 2 heterocycles. The minimum atomic E-state index is -4.64. The lowest BCUT2D eigenvalue weighted by molar-refractivity contribution is -0.139. The maximum absolute atomic E-state index is 13.5. The van der Waals surface area contributed by atoms with Crippen LogP contribution in [0.3, 0.4) is 0 Å². The van der Waals surface area contributed by atoms with Crippen LogP contribution in [-0.2, 0) is 16.2 Å². The number of benzene rings is 2. The second-order valence-corrected chi connectivity index (χ2v) is 11.7. The van der Waals surface area contributed by atoms with Crippen molar-refractivity contribution in [3.8, 4) is 16.9 Å². The van der Waals surface area contributed by atoms with E-state index >= 15 is 0 Å². The van der Waals surface area contributed by atoms with Gasteiger partial charge in [0.1, 0.15) is 20.4 Å². The van der Waals surface area contributed by atoms with Crippen molar-refractivity contribution in [2.75, 3.05) is 24.9 Å². The SMILES string of the molecule is Cc1ccccc1-c1cc(S(=O)(=O)Nc2ccc(C(F)(F)F)c(O[C@@H]3CCN(C)C3)c2)sc1Cl. The molecule has 1 fully saturated rings. The van der Waals surface area contributed by atoms with Crippen molar-refractivity contribution in [1.29, 1.82) is 0 Å². The van der Waals surface area contributed by atoms with Gasteiger partial charge in [0.25, 0.3) is 10.0 Å². The number of anilines is 1. The average Bonchev–Trinajstić information content (AvgIpc) is 3.33. The average molecular weight is 531 g/mol. The maximum Gasteiger partial charge on any atom is 0.419 e. The number of nitrogens with zero attached hydrogens (tertiary/aromatic N) is 1. The van der Waals surface area contributed by atoms with E-state index in [9.17, 15) is 21.6 Å². The van der Waals surface area contributed by atoms with E-state index in [-0.39, 0.29) is 9.90 Å². The van der Waals surface area contributed by atoms with Gasteiger partial charge in [-0.3, -0.25) is 4.72 Å². The van der Waals surface area contributed by atoms with Gasteiger partial charge in [-0.25, -0.2) is 8.42 Å². The summed E-state index contributed by atoms with van der Waals surface area (Å²) in [6, 6.07) is 11.9. The van der Waals surface area contributed by atoms with Crippen molar-refractivity contribution >= 4 is 38.6 Å². The summed E-state index contributed by atoms with van der Waals surface area (Å²) in [6.07, 6.45) is -4.47.